The van der Waals surface area contributed by atoms with Gasteiger partial charge in [-0.1, -0.05) is 28.1 Å². The molecule has 1 aliphatic rings. The van der Waals surface area contributed by atoms with Crippen LogP contribution in [0.25, 0.3) is 11.3 Å². The minimum atomic E-state index is -0.0257. The van der Waals surface area contributed by atoms with Crippen molar-refractivity contribution in [3.05, 3.63) is 74.1 Å². The Balaban J connectivity index is 1.50. The highest BCUT2D eigenvalue weighted by Gasteiger charge is 2.21. The molecule has 3 heterocycles. The molecule has 0 amide bonds. The predicted octanol–water partition coefficient (Wildman–Crippen LogP) is 3.66. The molecule has 1 N–H and O–H groups in total. The third-order valence-corrected chi connectivity index (χ3v) is 4.96. The number of furan rings is 1. The molecule has 25 heavy (non-hydrogen) atoms. The molecule has 0 saturated heterocycles. The lowest BCUT2D eigenvalue weighted by Crippen LogP contribution is -2.35. The molecule has 0 radical (unpaired) electrons. The van der Waals surface area contributed by atoms with Crippen LogP contribution in [0, 0.1) is 6.92 Å². The number of fused-ring (bicyclic) bond motifs is 1. The van der Waals surface area contributed by atoms with E-state index >= 15 is 0 Å². The van der Waals surface area contributed by atoms with Crippen LogP contribution >= 0.6 is 15.9 Å². The Kier molecular flexibility index (Phi) is 4.31. The summed E-state index contributed by atoms with van der Waals surface area (Å²) >= 11 is 3.44. The summed E-state index contributed by atoms with van der Waals surface area (Å²) in [6.45, 7) is 3.98. The van der Waals surface area contributed by atoms with Crippen LogP contribution in [-0.2, 0) is 19.5 Å². The van der Waals surface area contributed by atoms with Crippen LogP contribution in [0.4, 0.5) is 0 Å². The number of hydrogen-bond donors (Lipinski definition) is 1. The van der Waals surface area contributed by atoms with Gasteiger partial charge in [0.05, 0.1) is 17.8 Å². The number of aromatic amines is 1. The molecular formula is C19H18BrN3O2. The summed E-state index contributed by atoms with van der Waals surface area (Å²) in [6, 6.07) is 12.0. The van der Waals surface area contributed by atoms with Crippen molar-refractivity contribution in [1.29, 1.82) is 0 Å². The van der Waals surface area contributed by atoms with E-state index in [0.29, 0.717) is 18.9 Å². The minimum Gasteiger partial charge on any atom is -0.460 e. The average molecular weight is 400 g/mol. The van der Waals surface area contributed by atoms with E-state index in [1.54, 1.807) is 0 Å². The SMILES string of the molecule is Cc1nc2c(c(=O)[nH]1)CN(Cc1ccc(-c3ccc(Br)cc3)o1)CC2. The second-order valence-electron chi connectivity index (χ2n) is 6.31. The van der Waals surface area contributed by atoms with Gasteiger partial charge in [-0.25, -0.2) is 4.98 Å². The van der Waals surface area contributed by atoms with E-state index in [-0.39, 0.29) is 5.56 Å². The Morgan fingerprint density at radius 1 is 1.24 bits per heavy atom. The van der Waals surface area contributed by atoms with Crippen LogP contribution in [0.5, 0.6) is 0 Å². The maximum atomic E-state index is 12.1. The van der Waals surface area contributed by atoms with Crippen LogP contribution in [0.3, 0.4) is 0 Å². The summed E-state index contributed by atoms with van der Waals surface area (Å²) in [5, 5.41) is 0. The first kappa shape index (κ1) is 16.3. The van der Waals surface area contributed by atoms with E-state index in [0.717, 1.165) is 45.8 Å². The van der Waals surface area contributed by atoms with Gasteiger partial charge in [0.15, 0.2) is 0 Å². The van der Waals surface area contributed by atoms with Crippen LogP contribution < -0.4 is 5.56 Å². The van der Waals surface area contributed by atoms with E-state index in [1.807, 2.05) is 43.3 Å². The second-order valence-corrected chi connectivity index (χ2v) is 7.23. The van der Waals surface area contributed by atoms with E-state index in [9.17, 15) is 4.79 Å². The van der Waals surface area contributed by atoms with Crippen molar-refractivity contribution >= 4 is 15.9 Å². The van der Waals surface area contributed by atoms with E-state index < -0.39 is 0 Å². The number of nitrogens with one attached hydrogen (secondary N) is 1. The van der Waals surface area contributed by atoms with Crippen LogP contribution in [0.15, 0.2) is 50.1 Å². The fraction of sp³-hybridized carbons (Fsp3) is 0.263. The van der Waals surface area contributed by atoms with Crippen molar-refractivity contribution in [3.63, 3.8) is 0 Å². The monoisotopic (exact) mass is 399 g/mol. The molecule has 6 heteroatoms. The summed E-state index contributed by atoms with van der Waals surface area (Å²) < 4.78 is 7.04. The number of hydrogen-bond acceptors (Lipinski definition) is 4. The lowest BCUT2D eigenvalue weighted by molar-refractivity contribution is 0.223. The highest BCUT2D eigenvalue weighted by atomic mass is 79.9. The topological polar surface area (TPSA) is 62.1 Å². The largest absolute Gasteiger partial charge is 0.460 e. The number of aromatic nitrogens is 2. The molecule has 0 aliphatic carbocycles. The highest BCUT2D eigenvalue weighted by Crippen LogP contribution is 2.25. The molecular weight excluding hydrogens is 382 g/mol. The van der Waals surface area contributed by atoms with Gasteiger partial charge in [0.2, 0.25) is 0 Å². The van der Waals surface area contributed by atoms with Crippen molar-refractivity contribution in [2.45, 2.75) is 26.4 Å². The quantitative estimate of drug-likeness (QED) is 0.729. The van der Waals surface area contributed by atoms with Gasteiger partial charge >= 0.3 is 0 Å². The van der Waals surface area contributed by atoms with Crippen molar-refractivity contribution in [1.82, 2.24) is 14.9 Å². The zero-order valence-corrected chi connectivity index (χ0v) is 15.5. The van der Waals surface area contributed by atoms with Gasteiger partial charge < -0.3 is 9.40 Å². The Morgan fingerprint density at radius 2 is 2.04 bits per heavy atom. The smallest absolute Gasteiger partial charge is 0.255 e. The first-order valence-corrected chi connectivity index (χ1v) is 9.03. The average Bonchev–Trinajstić information content (AvgIpc) is 3.04. The molecule has 128 valence electrons. The Hall–Kier alpha value is -2.18. The van der Waals surface area contributed by atoms with Gasteiger partial charge in [0.1, 0.15) is 17.3 Å². The van der Waals surface area contributed by atoms with Crippen LogP contribution in [0.1, 0.15) is 22.8 Å². The van der Waals surface area contributed by atoms with Crippen LogP contribution in [-0.4, -0.2) is 21.4 Å². The molecule has 4 rings (SSSR count). The Bertz CT molecular complexity index is 960. The zero-order valence-electron chi connectivity index (χ0n) is 13.9. The summed E-state index contributed by atoms with van der Waals surface area (Å²) in [7, 11) is 0. The molecule has 1 aromatic carbocycles. The summed E-state index contributed by atoms with van der Waals surface area (Å²) in [5.74, 6) is 2.44. The second kappa shape index (κ2) is 6.61. The molecule has 0 saturated carbocycles. The molecule has 0 atom stereocenters. The van der Waals surface area contributed by atoms with Gasteiger partial charge in [0.25, 0.3) is 5.56 Å². The molecule has 3 aromatic rings. The highest BCUT2D eigenvalue weighted by molar-refractivity contribution is 9.10. The third-order valence-electron chi connectivity index (χ3n) is 4.44. The van der Waals surface area contributed by atoms with Gasteiger partial charge in [-0.15, -0.1) is 0 Å². The summed E-state index contributed by atoms with van der Waals surface area (Å²) in [6.07, 6.45) is 0.792. The Morgan fingerprint density at radius 3 is 2.84 bits per heavy atom. The van der Waals surface area contributed by atoms with Crippen molar-refractivity contribution in [2.75, 3.05) is 6.54 Å². The molecule has 0 spiro atoms. The minimum absolute atomic E-state index is 0.0257. The number of H-pyrrole nitrogens is 1. The predicted molar refractivity (Wildman–Crippen MR) is 99.3 cm³/mol. The number of rotatable bonds is 3. The molecule has 0 unspecified atom stereocenters. The third kappa shape index (κ3) is 3.45. The van der Waals surface area contributed by atoms with Gasteiger partial charge in [-0.05, 0) is 31.2 Å². The fourth-order valence-corrected chi connectivity index (χ4v) is 3.46. The number of benzene rings is 1. The first-order chi connectivity index (χ1) is 12.1. The zero-order chi connectivity index (χ0) is 17.4. The maximum Gasteiger partial charge on any atom is 0.255 e. The van der Waals surface area contributed by atoms with Crippen molar-refractivity contribution < 1.29 is 4.42 Å². The summed E-state index contributed by atoms with van der Waals surface area (Å²) in [4.78, 5) is 21.6. The normalized spacial score (nSPS) is 14.5. The molecule has 0 bridgehead atoms. The van der Waals surface area contributed by atoms with Gasteiger partial charge in [0, 0.05) is 29.5 Å². The van der Waals surface area contributed by atoms with Gasteiger partial charge in [-0.2, -0.15) is 0 Å². The fourth-order valence-electron chi connectivity index (χ4n) is 3.19. The number of halogens is 1. The lowest BCUT2D eigenvalue weighted by Gasteiger charge is -2.26. The molecule has 2 aromatic heterocycles. The van der Waals surface area contributed by atoms with Crippen molar-refractivity contribution in [3.8, 4) is 11.3 Å². The van der Waals surface area contributed by atoms with E-state index in [1.165, 1.54) is 0 Å². The Labute approximate surface area is 153 Å². The molecule has 0 fully saturated rings. The van der Waals surface area contributed by atoms with E-state index in [4.69, 9.17) is 4.42 Å². The molecule has 1 aliphatic heterocycles. The first-order valence-electron chi connectivity index (χ1n) is 8.24. The van der Waals surface area contributed by atoms with Gasteiger partial charge in [-0.3, -0.25) is 9.69 Å². The number of aryl methyl sites for hydroxylation is 1. The lowest BCUT2D eigenvalue weighted by atomic mass is 10.1. The number of nitrogens with zero attached hydrogens (tertiary/aromatic N) is 2. The van der Waals surface area contributed by atoms with E-state index in [2.05, 4.69) is 30.8 Å². The maximum absolute atomic E-state index is 12.1. The standard InChI is InChI=1S/C19H18BrN3O2/c1-12-21-17-8-9-23(11-16(17)19(24)22-12)10-15-6-7-18(25-15)13-2-4-14(20)5-3-13/h2-7H,8-11H2,1H3,(H,21,22,24). The summed E-state index contributed by atoms with van der Waals surface area (Å²) in [5.41, 5.74) is 2.72. The van der Waals surface area contributed by atoms with Crippen molar-refractivity contribution in [2.24, 2.45) is 0 Å². The molecule has 5 nitrogen and oxygen atoms in total. The van der Waals surface area contributed by atoms with Crippen LogP contribution in [0.2, 0.25) is 0 Å².